The van der Waals surface area contributed by atoms with E-state index in [1.807, 2.05) is 30.3 Å². The zero-order chi connectivity index (χ0) is 15.1. The largest absolute Gasteiger partial charge is 0.481 e. The highest BCUT2D eigenvalue weighted by atomic mass is 32.2. The fourth-order valence-corrected chi connectivity index (χ4v) is 3.13. The van der Waals surface area contributed by atoms with Gasteiger partial charge in [-0.2, -0.15) is 0 Å². The van der Waals surface area contributed by atoms with Crippen molar-refractivity contribution >= 4 is 23.8 Å². The fraction of sp³-hybridized carbons (Fsp3) is 0.467. The van der Waals surface area contributed by atoms with Crippen LogP contribution in [0.4, 0.5) is 4.79 Å². The number of thioether (sulfide) groups is 1. The van der Waals surface area contributed by atoms with Crippen molar-refractivity contribution < 1.29 is 19.4 Å². The van der Waals surface area contributed by atoms with Crippen molar-refractivity contribution in [3.63, 3.8) is 0 Å². The standard InChI is InChI=1S/C15H19NO4S/c17-14(18)11-21-13-6-8-16(9-7-13)15(19)20-10-12-4-2-1-3-5-12/h1-5,13H,6-11H2,(H,17,18). The molecule has 0 saturated carbocycles. The van der Waals surface area contributed by atoms with Crippen LogP contribution in [-0.2, 0) is 16.1 Å². The van der Waals surface area contributed by atoms with Gasteiger partial charge < -0.3 is 14.7 Å². The minimum atomic E-state index is -0.787. The number of carboxylic acid groups (broad SMARTS) is 1. The first-order valence-corrected chi connectivity index (χ1v) is 7.99. The molecule has 1 aliphatic rings. The van der Waals surface area contributed by atoms with Gasteiger partial charge in [-0.1, -0.05) is 30.3 Å². The first kappa shape index (κ1) is 15.7. The Balaban J connectivity index is 1.69. The molecule has 6 heteroatoms. The number of piperidine rings is 1. The maximum atomic E-state index is 11.9. The summed E-state index contributed by atoms with van der Waals surface area (Å²) in [6.45, 7) is 1.54. The van der Waals surface area contributed by atoms with E-state index in [0.717, 1.165) is 18.4 Å². The Morgan fingerprint density at radius 1 is 1.24 bits per heavy atom. The highest BCUT2D eigenvalue weighted by Gasteiger charge is 2.24. The molecule has 0 unspecified atom stereocenters. The molecule has 5 nitrogen and oxygen atoms in total. The number of carboxylic acids is 1. The summed E-state index contributed by atoms with van der Waals surface area (Å²) in [5.74, 6) is -0.659. The molecule has 2 rings (SSSR count). The highest BCUT2D eigenvalue weighted by Crippen LogP contribution is 2.23. The Labute approximate surface area is 128 Å². The Kier molecular flexibility index (Phi) is 5.92. The first-order chi connectivity index (χ1) is 10.1. The van der Waals surface area contributed by atoms with E-state index < -0.39 is 5.97 Å². The lowest BCUT2D eigenvalue weighted by atomic mass is 10.1. The minimum absolute atomic E-state index is 0.128. The zero-order valence-corrected chi connectivity index (χ0v) is 12.6. The molecule has 0 aliphatic carbocycles. The van der Waals surface area contributed by atoms with Crippen LogP contribution in [0.5, 0.6) is 0 Å². The monoisotopic (exact) mass is 309 g/mol. The number of carbonyl (C=O) groups is 2. The number of benzene rings is 1. The Morgan fingerprint density at radius 3 is 2.52 bits per heavy atom. The van der Waals surface area contributed by atoms with Gasteiger partial charge >= 0.3 is 12.1 Å². The molecule has 0 bridgehead atoms. The molecule has 1 heterocycles. The first-order valence-electron chi connectivity index (χ1n) is 6.94. The van der Waals surface area contributed by atoms with Crippen LogP contribution in [0.2, 0.25) is 0 Å². The van der Waals surface area contributed by atoms with Crippen LogP contribution in [0.25, 0.3) is 0 Å². The number of rotatable bonds is 5. The van der Waals surface area contributed by atoms with Gasteiger partial charge in [0, 0.05) is 18.3 Å². The van der Waals surface area contributed by atoms with E-state index in [9.17, 15) is 9.59 Å². The molecular formula is C15H19NO4S. The average Bonchev–Trinajstić information content (AvgIpc) is 2.52. The van der Waals surface area contributed by atoms with Crippen molar-refractivity contribution in [3.05, 3.63) is 35.9 Å². The molecule has 114 valence electrons. The number of likely N-dealkylation sites (tertiary alicyclic amines) is 1. The van der Waals surface area contributed by atoms with Crippen LogP contribution in [0.3, 0.4) is 0 Å². The van der Waals surface area contributed by atoms with Crippen LogP contribution >= 0.6 is 11.8 Å². The topological polar surface area (TPSA) is 66.8 Å². The third-order valence-electron chi connectivity index (χ3n) is 3.35. The number of hydrogen-bond acceptors (Lipinski definition) is 4. The van der Waals surface area contributed by atoms with E-state index in [-0.39, 0.29) is 18.5 Å². The molecule has 0 spiro atoms. The van der Waals surface area contributed by atoms with Gasteiger partial charge in [-0.3, -0.25) is 4.79 Å². The number of hydrogen-bond donors (Lipinski definition) is 1. The number of ether oxygens (including phenoxy) is 1. The van der Waals surface area contributed by atoms with Crippen molar-refractivity contribution in [2.24, 2.45) is 0 Å². The van der Waals surface area contributed by atoms with Gasteiger partial charge in [0.25, 0.3) is 0 Å². The summed E-state index contributed by atoms with van der Waals surface area (Å²) in [5.41, 5.74) is 0.970. The maximum absolute atomic E-state index is 11.9. The SMILES string of the molecule is O=C(O)CSC1CCN(C(=O)OCc2ccccc2)CC1. The van der Waals surface area contributed by atoms with E-state index in [1.54, 1.807) is 4.90 Å². The van der Waals surface area contributed by atoms with Gasteiger partial charge in [0.15, 0.2) is 0 Å². The second-order valence-electron chi connectivity index (χ2n) is 4.93. The number of amides is 1. The summed E-state index contributed by atoms with van der Waals surface area (Å²) < 4.78 is 5.29. The van der Waals surface area contributed by atoms with E-state index in [4.69, 9.17) is 9.84 Å². The van der Waals surface area contributed by atoms with E-state index >= 15 is 0 Å². The normalized spacial score (nSPS) is 15.7. The highest BCUT2D eigenvalue weighted by molar-refractivity contribution is 8.00. The van der Waals surface area contributed by atoms with Gasteiger partial charge in [-0.05, 0) is 18.4 Å². The van der Waals surface area contributed by atoms with Crippen LogP contribution in [0.15, 0.2) is 30.3 Å². The van der Waals surface area contributed by atoms with Crippen LogP contribution in [0.1, 0.15) is 18.4 Å². The lowest BCUT2D eigenvalue weighted by molar-refractivity contribution is -0.133. The van der Waals surface area contributed by atoms with Gasteiger partial charge in [0.05, 0.1) is 5.75 Å². The Bertz CT molecular complexity index is 472. The van der Waals surface area contributed by atoms with Crippen LogP contribution in [-0.4, -0.2) is 46.2 Å². The number of nitrogens with zero attached hydrogens (tertiary/aromatic N) is 1. The summed E-state index contributed by atoms with van der Waals surface area (Å²) in [6, 6.07) is 9.58. The molecule has 1 fully saturated rings. The Morgan fingerprint density at radius 2 is 1.90 bits per heavy atom. The molecular weight excluding hydrogens is 290 g/mol. The quantitative estimate of drug-likeness (QED) is 0.905. The molecule has 1 N–H and O–H groups in total. The van der Waals surface area contributed by atoms with Crippen molar-refractivity contribution in [2.45, 2.75) is 24.7 Å². The minimum Gasteiger partial charge on any atom is -0.481 e. The Hall–Kier alpha value is -1.69. The summed E-state index contributed by atoms with van der Waals surface area (Å²) in [5, 5.41) is 8.98. The maximum Gasteiger partial charge on any atom is 0.410 e. The predicted molar refractivity (Wildman–Crippen MR) is 81.3 cm³/mol. The summed E-state index contributed by atoms with van der Waals surface area (Å²) in [6.07, 6.45) is 1.34. The average molecular weight is 309 g/mol. The third kappa shape index (κ3) is 5.30. The number of aliphatic carboxylic acids is 1. The van der Waals surface area contributed by atoms with Crippen LogP contribution in [0, 0.1) is 0 Å². The smallest absolute Gasteiger partial charge is 0.410 e. The van der Waals surface area contributed by atoms with Gasteiger partial charge in [0.2, 0.25) is 0 Å². The second kappa shape index (κ2) is 7.93. The molecule has 21 heavy (non-hydrogen) atoms. The van der Waals surface area contributed by atoms with E-state index in [1.165, 1.54) is 11.8 Å². The summed E-state index contributed by atoms with van der Waals surface area (Å²) in [7, 11) is 0. The van der Waals surface area contributed by atoms with Crippen molar-refractivity contribution in [3.8, 4) is 0 Å². The molecule has 0 aromatic heterocycles. The molecule has 1 aliphatic heterocycles. The molecule has 1 aromatic rings. The van der Waals surface area contributed by atoms with Gasteiger partial charge in [0.1, 0.15) is 6.61 Å². The second-order valence-corrected chi connectivity index (χ2v) is 6.22. The fourth-order valence-electron chi connectivity index (χ4n) is 2.20. The zero-order valence-electron chi connectivity index (χ0n) is 11.7. The lowest BCUT2D eigenvalue weighted by Gasteiger charge is -2.30. The van der Waals surface area contributed by atoms with Gasteiger partial charge in [-0.25, -0.2) is 4.79 Å². The van der Waals surface area contributed by atoms with E-state index in [0.29, 0.717) is 18.3 Å². The third-order valence-corrected chi connectivity index (χ3v) is 4.70. The van der Waals surface area contributed by atoms with Crippen LogP contribution < -0.4 is 0 Å². The summed E-state index contributed by atoms with van der Waals surface area (Å²) in [4.78, 5) is 24.2. The predicted octanol–water partition coefficient (Wildman–Crippen LogP) is 2.61. The molecule has 0 atom stereocenters. The van der Waals surface area contributed by atoms with Crippen molar-refractivity contribution in [1.82, 2.24) is 4.90 Å². The van der Waals surface area contributed by atoms with Crippen molar-refractivity contribution in [1.29, 1.82) is 0 Å². The number of carbonyl (C=O) groups excluding carboxylic acids is 1. The molecule has 1 aromatic carbocycles. The molecule has 0 radical (unpaired) electrons. The van der Waals surface area contributed by atoms with Gasteiger partial charge in [-0.15, -0.1) is 11.8 Å². The molecule has 1 saturated heterocycles. The summed E-state index contributed by atoms with van der Waals surface area (Å²) >= 11 is 1.45. The lowest BCUT2D eigenvalue weighted by Crippen LogP contribution is -2.39. The van der Waals surface area contributed by atoms with E-state index in [2.05, 4.69) is 0 Å². The molecule has 1 amide bonds. The van der Waals surface area contributed by atoms with Crippen molar-refractivity contribution in [2.75, 3.05) is 18.8 Å².